The van der Waals surface area contributed by atoms with Gasteiger partial charge in [-0.1, -0.05) is 30.3 Å². The second-order valence-electron chi connectivity index (χ2n) is 9.60. The molecule has 0 aliphatic rings. The van der Waals surface area contributed by atoms with Gasteiger partial charge in [-0.3, -0.25) is 4.90 Å². The molecular formula is C27H35F2N3O4. The molecule has 3 aromatic rings. The van der Waals surface area contributed by atoms with E-state index in [1.807, 2.05) is 56.0 Å². The summed E-state index contributed by atoms with van der Waals surface area (Å²) >= 11 is 0. The van der Waals surface area contributed by atoms with E-state index in [2.05, 4.69) is 5.10 Å². The van der Waals surface area contributed by atoms with Gasteiger partial charge in [-0.05, 0) is 32.9 Å². The van der Waals surface area contributed by atoms with Crippen molar-refractivity contribution in [1.82, 2.24) is 14.7 Å². The van der Waals surface area contributed by atoms with Crippen molar-refractivity contribution in [2.75, 3.05) is 33.4 Å². The Hall–Kier alpha value is -2.85. The first-order valence-electron chi connectivity index (χ1n) is 11.8. The van der Waals surface area contributed by atoms with Crippen molar-refractivity contribution in [2.45, 2.75) is 39.0 Å². The molecule has 0 amide bonds. The predicted molar refractivity (Wildman–Crippen MR) is 134 cm³/mol. The third-order valence-electron chi connectivity index (χ3n) is 5.41. The van der Waals surface area contributed by atoms with Gasteiger partial charge in [0.05, 0.1) is 30.5 Å². The minimum absolute atomic E-state index is 0.109. The number of halogens is 2. The maximum atomic E-state index is 14.4. The van der Waals surface area contributed by atoms with Crippen LogP contribution in [0.3, 0.4) is 0 Å². The van der Waals surface area contributed by atoms with Crippen molar-refractivity contribution in [3.8, 4) is 22.9 Å². The molecule has 1 aromatic heterocycles. The van der Waals surface area contributed by atoms with Crippen LogP contribution in [0, 0.1) is 11.6 Å². The molecule has 0 saturated carbocycles. The van der Waals surface area contributed by atoms with Gasteiger partial charge in [0.25, 0.3) is 0 Å². The highest BCUT2D eigenvalue weighted by atomic mass is 19.1. The Bertz CT molecular complexity index is 1120. The summed E-state index contributed by atoms with van der Waals surface area (Å²) in [5, 5.41) is 15.3. The lowest BCUT2D eigenvalue weighted by Crippen LogP contribution is -2.38. The molecular weight excluding hydrogens is 468 g/mol. The lowest BCUT2D eigenvalue weighted by Gasteiger charge is -2.27. The van der Waals surface area contributed by atoms with Crippen molar-refractivity contribution < 1.29 is 28.1 Å². The maximum absolute atomic E-state index is 14.4. The Labute approximate surface area is 211 Å². The zero-order valence-electron chi connectivity index (χ0n) is 21.5. The molecule has 1 N–H and O–H groups in total. The zero-order chi connectivity index (χ0) is 26.3. The average Bonchev–Trinajstić information content (AvgIpc) is 3.12. The van der Waals surface area contributed by atoms with Crippen LogP contribution in [-0.4, -0.2) is 64.9 Å². The SMILES string of the molecule is COCCN(Cc1c(-c2ccccc2)nn(C)c1Oc1ccc(F)cc1F)CC(O)COC(C)(C)C. The molecule has 0 fully saturated rings. The van der Waals surface area contributed by atoms with Crippen LogP contribution in [-0.2, 0) is 23.1 Å². The number of ether oxygens (including phenoxy) is 3. The van der Waals surface area contributed by atoms with Crippen LogP contribution < -0.4 is 4.74 Å². The molecule has 0 saturated heterocycles. The van der Waals surface area contributed by atoms with Gasteiger partial charge in [0.2, 0.25) is 5.88 Å². The summed E-state index contributed by atoms with van der Waals surface area (Å²) in [4.78, 5) is 2.01. The van der Waals surface area contributed by atoms with E-state index in [1.165, 1.54) is 10.7 Å². The van der Waals surface area contributed by atoms with Gasteiger partial charge in [-0.25, -0.2) is 13.5 Å². The summed E-state index contributed by atoms with van der Waals surface area (Å²) in [6.45, 7) is 7.59. The number of hydrogen-bond acceptors (Lipinski definition) is 6. The van der Waals surface area contributed by atoms with Crippen molar-refractivity contribution in [2.24, 2.45) is 7.05 Å². The molecule has 196 valence electrons. The van der Waals surface area contributed by atoms with Crippen molar-refractivity contribution in [3.05, 3.63) is 65.7 Å². The van der Waals surface area contributed by atoms with Crippen molar-refractivity contribution in [1.29, 1.82) is 0 Å². The molecule has 36 heavy (non-hydrogen) atoms. The third kappa shape index (κ3) is 7.83. The standard InChI is InChI=1S/C27H35F2N3O4/c1-27(2,3)35-18-21(33)16-32(13-14-34-5)17-22-25(19-9-7-6-8-10-19)30-31(4)26(22)36-24-12-11-20(28)15-23(24)29/h6-12,15,21,33H,13-14,16-18H2,1-5H3. The highest BCUT2D eigenvalue weighted by molar-refractivity contribution is 5.65. The molecule has 2 aromatic carbocycles. The lowest BCUT2D eigenvalue weighted by molar-refractivity contribution is -0.0576. The first-order chi connectivity index (χ1) is 17.1. The summed E-state index contributed by atoms with van der Waals surface area (Å²) in [7, 11) is 3.32. The largest absolute Gasteiger partial charge is 0.436 e. The second kappa shape index (κ2) is 12.4. The van der Waals surface area contributed by atoms with E-state index in [-0.39, 0.29) is 18.0 Å². The Kier molecular flexibility index (Phi) is 9.56. The third-order valence-corrected chi connectivity index (χ3v) is 5.41. The zero-order valence-corrected chi connectivity index (χ0v) is 21.5. The molecule has 0 spiro atoms. The first kappa shape index (κ1) is 27.7. The molecule has 1 heterocycles. The van der Waals surface area contributed by atoms with Gasteiger partial charge >= 0.3 is 0 Å². The van der Waals surface area contributed by atoms with E-state index in [4.69, 9.17) is 14.2 Å². The van der Waals surface area contributed by atoms with Crippen molar-refractivity contribution in [3.63, 3.8) is 0 Å². The number of aryl methyl sites for hydroxylation is 1. The molecule has 9 heteroatoms. The average molecular weight is 504 g/mol. The Morgan fingerprint density at radius 2 is 1.83 bits per heavy atom. The van der Waals surface area contributed by atoms with E-state index in [0.717, 1.165) is 17.7 Å². The number of aliphatic hydroxyl groups is 1. The fraction of sp³-hybridized carbons (Fsp3) is 0.444. The van der Waals surface area contributed by atoms with E-state index < -0.39 is 17.7 Å². The number of benzene rings is 2. The predicted octanol–water partition coefficient (Wildman–Crippen LogP) is 4.78. The number of aliphatic hydroxyl groups excluding tert-OH is 1. The number of methoxy groups -OCH3 is 1. The molecule has 0 radical (unpaired) electrons. The minimum atomic E-state index is -0.811. The second-order valence-corrected chi connectivity index (χ2v) is 9.60. The fourth-order valence-corrected chi connectivity index (χ4v) is 3.69. The molecule has 0 aliphatic heterocycles. The molecule has 0 bridgehead atoms. The Morgan fingerprint density at radius 3 is 2.47 bits per heavy atom. The van der Waals surface area contributed by atoms with Crippen LogP contribution in [0.1, 0.15) is 26.3 Å². The Balaban J connectivity index is 1.95. The lowest BCUT2D eigenvalue weighted by atomic mass is 10.1. The van der Waals surface area contributed by atoms with Crippen LogP contribution in [0.15, 0.2) is 48.5 Å². The topological polar surface area (TPSA) is 69.0 Å². The highest BCUT2D eigenvalue weighted by Gasteiger charge is 2.24. The minimum Gasteiger partial charge on any atom is -0.436 e. The van der Waals surface area contributed by atoms with Gasteiger partial charge in [0.1, 0.15) is 11.5 Å². The van der Waals surface area contributed by atoms with Crippen LogP contribution >= 0.6 is 0 Å². The summed E-state index contributed by atoms with van der Waals surface area (Å²) < 4.78 is 46.4. The number of nitrogens with zero attached hydrogens (tertiary/aromatic N) is 3. The monoisotopic (exact) mass is 503 g/mol. The van der Waals surface area contributed by atoms with Gasteiger partial charge in [0, 0.05) is 45.4 Å². The van der Waals surface area contributed by atoms with Crippen LogP contribution in [0.5, 0.6) is 11.6 Å². The summed E-state index contributed by atoms with van der Waals surface area (Å²) in [5.41, 5.74) is 1.86. The van der Waals surface area contributed by atoms with E-state index in [0.29, 0.717) is 43.4 Å². The quantitative estimate of drug-likeness (QED) is 0.384. The maximum Gasteiger partial charge on any atom is 0.222 e. The number of rotatable bonds is 12. The van der Waals surface area contributed by atoms with Crippen LogP contribution in [0.25, 0.3) is 11.3 Å². The summed E-state index contributed by atoms with van der Waals surface area (Å²) in [6.07, 6.45) is -0.739. The van der Waals surface area contributed by atoms with E-state index >= 15 is 0 Å². The van der Waals surface area contributed by atoms with Crippen LogP contribution in [0.4, 0.5) is 8.78 Å². The molecule has 7 nitrogen and oxygen atoms in total. The molecule has 0 aliphatic carbocycles. The van der Waals surface area contributed by atoms with Crippen LogP contribution in [0.2, 0.25) is 0 Å². The summed E-state index contributed by atoms with van der Waals surface area (Å²) in [5.74, 6) is -1.29. The smallest absolute Gasteiger partial charge is 0.222 e. The van der Waals surface area contributed by atoms with Gasteiger partial charge in [-0.2, -0.15) is 5.10 Å². The van der Waals surface area contributed by atoms with Gasteiger partial charge < -0.3 is 19.3 Å². The molecule has 3 rings (SSSR count). The van der Waals surface area contributed by atoms with Gasteiger partial charge in [0.15, 0.2) is 11.6 Å². The highest BCUT2D eigenvalue weighted by Crippen LogP contribution is 2.35. The number of hydrogen-bond donors (Lipinski definition) is 1. The van der Waals surface area contributed by atoms with E-state index in [1.54, 1.807) is 14.2 Å². The van der Waals surface area contributed by atoms with E-state index in [9.17, 15) is 13.9 Å². The normalized spacial score (nSPS) is 12.8. The molecule has 1 unspecified atom stereocenters. The number of aromatic nitrogens is 2. The summed E-state index contributed by atoms with van der Waals surface area (Å²) in [6, 6.07) is 12.8. The first-order valence-corrected chi connectivity index (χ1v) is 11.8. The molecule has 1 atom stereocenters. The van der Waals surface area contributed by atoms with Gasteiger partial charge in [-0.15, -0.1) is 0 Å². The van der Waals surface area contributed by atoms with Crippen molar-refractivity contribution >= 4 is 0 Å². The Morgan fingerprint density at radius 1 is 1.11 bits per heavy atom. The fourth-order valence-electron chi connectivity index (χ4n) is 3.69.